The highest BCUT2D eigenvalue weighted by Gasteiger charge is 2.20. The first-order chi connectivity index (χ1) is 11.7. The average molecular weight is 328 g/mol. The molecule has 2 heterocycles. The highest BCUT2D eigenvalue weighted by molar-refractivity contribution is 5.74. The first kappa shape index (κ1) is 16.2. The summed E-state index contributed by atoms with van der Waals surface area (Å²) in [6.07, 6.45) is 4.05. The lowest BCUT2D eigenvalue weighted by Gasteiger charge is -2.36. The number of pyridine rings is 1. The van der Waals surface area contributed by atoms with Crippen molar-refractivity contribution in [3.05, 3.63) is 60.2 Å². The molecule has 0 saturated carbocycles. The molecule has 1 aliphatic heterocycles. The predicted molar refractivity (Wildman–Crippen MR) is 91.5 cm³/mol. The van der Waals surface area contributed by atoms with Crippen molar-refractivity contribution in [1.29, 1.82) is 0 Å². The Morgan fingerprint density at radius 1 is 1.08 bits per heavy atom. The number of nitrogens with zero attached hydrogens (tertiary/aromatic N) is 3. The fourth-order valence-electron chi connectivity index (χ4n) is 2.84. The Morgan fingerprint density at radius 2 is 1.79 bits per heavy atom. The number of hydrogen-bond donors (Lipinski definition) is 1. The van der Waals surface area contributed by atoms with Gasteiger partial charge >= 0.3 is 6.03 Å². The fourth-order valence-corrected chi connectivity index (χ4v) is 2.84. The maximum atomic E-state index is 13.5. The van der Waals surface area contributed by atoms with Gasteiger partial charge < -0.3 is 15.1 Å². The normalized spacial score (nSPS) is 14.5. The van der Waals surface area contributed by atoms with Gasteiger partial charge in [-0.2, -0.15) is 0 Å². The van der Waals surface area contributed by atoms with Crippen LogP contribution in [0.1, 0.15) is 5.56 Å². The molecule has 1 N–H and O–H groups in total. The molecule has 2 aromatic rings. The number of hydrogen-bond acceptors (Lipinski definition) is 3. The highest BCUT2D eigenvalue weighted by atomic mass is 19.1. The van der Waals surface area contributed by atoms with E-state index in [1.54, 1.807) is 35.5 Å². The van der Waals surface area contributed by atoms with Crippen LogP contribution in [0.15, 0.2) is 48.8 Å². The fraction of sp³-hybridized carbons (Fsp3) is 0.333. The lowest BCUT2D eigenvalue weighted by molar-refractivity contribution is 0.194. The number of piperazine rings is 1. The van der Waals surface area contributed by atoms with Gasteiger partial charge in [-0.1, -0.05) is 18.2 Å². The molecule has 0 bridgehead atoms. The van der Waals surface area contributed by atoms with Crippen LogP contribution in [-0.2, 0) is 6.42 Å². The lowest BCUT2D eigenvalue weighted by Crippen LogP contribution is -2.52. The summed E-state index contributed by atoms with van der Waals surface area (Å²) in [6.45, 7) is 3.38. The van der Waals surface area contributed by atoms with E-state index in [2.05, 4.69) is 15.2 Å². The van der Waals surface area contributed by atoms with E-state index in [9.17, 15) is 9.18 Å². The van der Waals surface area contributed by atoms with Crippen molar-refractivity contribution in [1.82, 2.24) is 15.2 Å². The number of carbonyl (C=O) groups is 1. The van der Waals surface area contributed by atoms with Crippen LogP contribution in [-0.4, -0.2) is 48.6 Å². The van der Waals surface area contributed by atoms with E-state index in [0.717, 1.165) is 18.8 Å². The minimum Gasteiger partial charge on any atom is -0.368 e. The molecule has 0 radical (unpaired) electrons. The van der Waals surface area contributed by atoms with E-state index in [1.165, 1.54) is 6.07 Å². The summed E-state index contributed by atoms with van der Waals surface area (Å²) in [5.74, 6) is -0.224. The van der Waals surface area contributed by atoms with Crippen LogP contribution in [0, 0.1) is 5.82 Å². The van der Waals surface area contributed by atoms with E-state index in [-0.39, 0.29) is 11.8 Å². The van der Waals surface area contributed by atoms with E-state index in [4.69, 9.17) is 0 Å². The third-order valence-corrected chi connectivity index (χ3v) is 4.22. The van der Waals surface area contributed by atoms with Crippen LogP contribution in [0.4, 0.5) is 14.9 Å². The van der Waals surface area contributed by atoms with Crippen LogP contribution in [0.3, 0.4) is 0 Å². The molecule has 0 atom stereocenters. The molecule has 6 heteroatoms. The van der Waals surface area contributed by atoms with Gasteiger partial charge in [-0.15, -0.1) is 0 Å². The Morgan fingerprint density at radius 3 is 2.50 bits per heavy atom. The number of benzene rings is 1. The van der Waals surface area contributed by atoms with Gasteiger partial charge in [0.2, 0.25) is 0 Å². The lowest BCUT2D eigenvalue weighted by atomic mass is 10.1. The van der Waals surface area contributed by atoms with Crippen molar-refractivity contribution in [3.63, 3.8) is 0 Å². The van der Waals surface area contributed by atoms with Gasteiger partial charge in [-0.3, -0.25) is 4.98 Å². The molecule has 24 heavy (non-hydrogen) atoms. The number of rotatable bonds is 4. The standard InChI is InChI=1S/C18H21FN4O/c19-17-4-2-1-3-15(17)5-10-21-18(24)23-13-11-22(12-14-23)16-6-8-20-9-7-16/h1-4,6-9H,5,10-14H2,(H,21,24). The largest absolute Gasteiger partial charge is 0.368 e. The van der Waals surface area contributed by atoms with Crippen molar-refractivity contribution in [2.75, 3.05) is 37.6 Å². The van der Waals surface area contributed by atoms with Crippen LogP contribution in [0.5, 0.6) is 0 Å². The maximum absolute atomic E-state index is 13.5. The topological polar surface area (TPSA) is 48.5 Å². The molecule has 0 spiro atoms. The first-order valence-corrected chi connectivity index (χ1v) is 8.15. The second-order valence-electron chi connectivity index (χ2n) is 5.75. The molecule has 1 aliphatic rings. The molecule has 5 nitrogen and oxygen atoms in total. The van der Waals surface area contributed by atoms with Gasteiger partial charge in [0, 0.05) is 50.8 Å². The Balaban J connectivity index is 1.43. The number of urea groups is 1. The zero-order chi connectivity index (χ0) is 16.8. The van der Waals surface area contributed by atoms with E-state index in [1.807, 2.05) is 12.1 Å². The van der Waals surface area contributed by atoms with Crippen LogP contribution in [0.2, 0.25) is 0 Å². The van der Waals surface area contributed by atoms with Crippen molar-refractivity contribution in [3.8, 4) is 0 Å². The summed E-state index contributed by atoms with van der Waals surface area (Å²) in [5, 5.41) is 2.87. The highest BCUT2D eigenvalue weighted by Crippen LogP contribution is 2.14. The first-order valence-electron chi connectivity index (χ1n) is 8.15. The van der Waals surface area contributed by atoms with Crippen LogP contribution >= 0.6 is 0 Å². The predicted octanol–water partition coefficient (Wildman–Crippen LogP) is 2.30. The smallest absolute Gasteiger partial charge is 0.317 e. The molecule has 1 aromatic carbocycles. The van der Waals surface area contributed by atoms with Crippen LogP contribution in [0.25, 0.3) is 0 Å². The quantitative estimate of drug-likeness (QED) is 0.937. The molecule has 2 amide bonds. The second-order valence-corrected chi connectivity index (χ2v) is 5.75. The van der Waals surface area contributed by atoms with Gasteiger partial charge in [0.15, 0.2) is 0 Å². The molecule has 1 fully saturated rings. The summed E-state index contributed by atoms with van der Waals surface area (Å²) in [5.41, 5.74) is 1.75. The van der Waals surface area contributed by atoms with Crippen molar-refractivity contribution in [2.24, 2.45) is 0 Å². The van der Waals surface area contributed by atoms with Crippen molar-refractivity contribution < 1.29 is 9.18 Å². The summed E-state index contributed by atoms with van der Waals surface area (Å²) < 4.78 is 13.5. The SMILES string of the molecule is O=C(NCCc1ccccc1F)N1CCN(c2ccncc2)CC1. The molecule has 1 aromatic heterocycles. The molecule has 1 saturated heterocycles. The van der Waals surface area contributed by atoms with Gasteiger partial charge in [0.1, 0.15) is 5.82 Å². The third-order valence-electron chi connectivity index (χ3n) is 4.22. The van der Waals surface area contributed by atoms with Gasteiger partial charge in [0.05, 0.1) is 0 Å². The summed E-state index contributed by atoms with van der Waals surface area (Å²) in [4.78, 5) is 20.3. The molecular weight excluding hydrogens is 307 g/mol. The minimum absolute atomic E-state index is 0.0827. The van der Waals surface area contributed by atoms with Crippen molar-refractivity contribution in [2.45, 2.75) is 6.42 Å². The van der Waals surface area contributed by atoms with Gasteiger partial charge in [0.25, 0.3) is 0 Å². The van der Waals surface area contributed by atoms with E-state index in [0.29, 0.717) is 31.6 Å². The summed E-state index contributed by atoms with van der Waals surface area (Å²) >= 11 is 0. The molecule has 126 valence electrons. The maximum Gasteiger partial charge on any atom is 0.317 e. The minimum atomic E-state index is -0.224. The number of halogens is 1. The van der Waals surface area contributed by atoms with E-state index >= 15 is 0 Å². The number of amides is 2. The Labute approximate surface area is 141 Å². The monoisotopic (exact) mass is 328 g/mol. The van der Waals surface area contributed by atoms with Gasteiger partial charge in [-0.25, -0.2) is 9.18 Å². The number of anilines is 1. The summed E-state index contributed by atoms with van der Waals surface area (Å²) in [6, 6.07) is 10.5. The molecule has 0 unspecified atom stereocenters. The second kappa shape index (κ2) is 7.77. The molecule has 3 rings (SSSR count). The van der Waals surface area contributed by atoms with E-state index < -0.39 is 0 Å². The van der Waals surface area contributed by atoms with Crippen molar-refractivity contribution >= 4 is 11.7 Å². The average Bonchev–Trinajstić information content (AvgIpc) is 2.64. The van der Waals surface area contributed by atoms with Gasteiger partial charge in [-0.05, 0) is 30.2 Å². The Hall–Kier alpha value is -2.63. The Kier molecular flexibility index (Phi) is 5.25. The van der Waals surface area contributed by atoms with Crippen LogP contribution < -0.4 is 10.2 Å². The number of carbonyl (C=O) groups excluding carboxylic acids is 1. The zero-order valence-electron chi connectivity index (χ0n) is 13.5. The third kappa shape index (κ3) is 4.01. The number of aromatic nitrogens is 1. The Bertz CT molecular complexity index is 672. The summed E-state index contributed by atoms with van der Waals surface area (Å²) in [7, 11) is 0. The zero-order valence-corrected chi connectivity index (χ0v) is 13.5. The molecular formula is C18H21FN4O. The molecule has 0 aliphatic carbocycles. The number of nitrogens with one attached hydrogen (secondary N) is 1.